The third-order valence-electron chi connectivity index (χ3n) is 7.02. The smallest absolute Gasteiger partial charge is 0.423 e. The largest absolute Gasteiger partial charge is 0.497 e. The molecule has 0 radical (unpaired) electrons. The van der Waals surface area contributed by atoms with Crippen LogP contribution in [0.4, 0.5) is 24.5 Å². The highest BCUT2D eigenvalue weighted by Crippen LogP contribution is 2.38. The number of halogens is 3. The molecule has 0 N–H and O–H groups in total. The predicted molar refractivity (Wildman–Crippen MR) is 135 cm³/mol. The number of piperazine rings is 1. The predicted octanol–water partition coefficient (Wildman–Crippen LogP) is 4.20. The Hall–Kier alpha value is -3.54. The van der Waals surface area contributed by atoms with E-state index in [1.165, 1.54) is 6.07 Å². The number of likely N-dealkylation sites (tertiary alicyclic amines) is 1. The lowest BCUT2D eigenvalue weighted by Crippen LogP contribution is -2.48. The van der Waals surface area contributed by atoms with Crippen molar-refractivity contribution in [1.29, 1.82) is 0 Å². The van der Waals surface area contributed by atoms with Crippen LogP contribution in [0.15, 0.2) is 42.5 Å². The van der Waals surface area contributed by atoms with Crippen LogP contribution in [0.3, 0.4) is 0 Å². The number of benzene rings is 2. The second kappa shape index (κ2) is 11.9. The standard InChI is InChI=1S/C26H31F3N4O5/c1-37-20-4-2-19(3-5-20)31-16-14-30(15-17-31)11-10-25(34)32-12-8-21(9-13-32)38-22-6-7-24(33(35)36)23(18-22)26(27,28)29/h2-7,18,21H,8-17H2,1H3. The Labute approximate surface area is 218 Å². The van der Waals surface area contributed by atoms with Gasteiger partial charge in [0.2, 0.25) is 5.91 Å². The van der Waals surface area contributed by atoms with Crippen molar-refractivity contribution in [3.63, 3.8) is 0 Å². The molecular weight excluding hydrogens is 505 g/mol. The first kappa shape index (κ1) is 27.5. The summed E-state index contributed by atoms with van der Waals surface area (Å²) < 4.78 is 50.6. The third-order valence-corrected chi connectivity index (χ3v) is 7.02. The van der Waals surface area contributed by atoms with Crippen molar-refractivity contribution in [2.45, 2.75) is 31.5 Å². The molecule has 0 aromatic heterocycles. The number of hydrogen-bond acceptors (Lipinski definition) is 7. The van der Waals surface area contributed by atoms with Crippen molar-refractivity contribution in [3.05, 3.63) is 58.1 Å². The van der Waals surface area contributed by atoms with Crippen LogP contribution in [0.25, 0.3) is 0 Å². The number of alkyl halides is 3. The summed E-state index contributed by atoms with van der Waals surface area (Å²) in [7, 11) is 1.64. The fraction of sp³-hybridized carbons (Fsp3) is 0.500. The Morgan fingerprint density at radius 3 is 2.21 bits per heavy atom. The first-order valence-electron chi connectivity index (χ1n) is 12.6. The monoisotopic (exact) mass is 536 g/mol. The lowest BCUT2D eigenvalue weighted by molar-refractivity contribution is -0.388. The molecule has 9 nitrogen and oxygen atoms in total. The van der Waals surface area contributed by atoms with Gasteiger partial charge in [-0.05, 0) is 36.4 Å². The highest BCUT2D eigenvalue weighted by molar-refractivity contribution is 5.76. The molecule has 2 fully saturated rings. The van der Waals surface area contributed by atoms with Gasteiger partial charge in [-0.15, -0.1) is 0 Å². The van der Waals surface area contributed by atoms with Gasteiger partial charge >= 0.3 is 6.18 Å². The van der Waals surface area contributed by atoms with Gasteiger partial charge in [0.25, 0.3) is 5.69 Å². The first-order chi connectivity index (χ1) is 18.1. The minimum Gasteiger partial charge on any atom is -0.497 e. The van der Waals surface area contributed by atoms with Crippen LogP contribution in [0.5, 0.6) is 11.5 Å². The van der Waals surface area contributed by atoms with Crippen molar-refractivity contribution in [2.75, 3.05) is 57.8 Å². The molecule has 2 aliphatic rings. The molecule has 0 bridgehead atoms. The van der Waals surface area contributed by atoms with Gasteiger partial charge in [0.15, 0.2) is 0 Å². The molecule has 4 rings (SSSR count). The number of nitro benzene ring substituents is 1. The van der Waals surface area contributed by atoms with E-state index in [1.54, 1.807) is 12.0 Å². The average molecular weight is 537 g/mol. The lowest BCUT2D eigenvalue weighted by Gasteiger charge is -2.37. The molecule has 2 heterocycles. The number of nitro groups is 1. The van der Waals surface area contributed by atoms with E-state index >= 15 is 0 Å². The zero-order chi connectivity index (χ0) is 27.3. The molecule has 0 spiro atoms. The molecule has 0 atom stereocenters. The Bertz CT molecular complexity index is 1110. The van der Waals surface area contributed by atoms with E-state index in [1.807, 2.05) is 24.3 Å². The summed E-state index contributed by atoms with van der Waals surface area (Å²) in [6.45, 7) is 5.06. The van der Waals surface area contributed by atoms with Gasteiger partial charge in [0, 0.05) is 76.8 Å². The summed E-state index contributed by atoms with van der Waals surface area (Å²) in [4.78, 5) is 29.0. The Balaban J connectivity index is 1.20. The zero-order valence-corrected chi connectivity index (χ0v) is 21.2. The van der Waals surface area contributed by atoms with Crippen LogP contribution in [-0.4, -0.2) is 79.7 Å². The number of anilines is 1. The minimum absolute atomic E-state index is 0.0516. The quantitative estimate of drug-likeness (QED) is 0.369. The van der Waals surface area contributed by atoms with Crippen molar-refractivity contribution in [2.24, 2.45) is 0 Å². The number of nitrogens with zero attached hydrogens (tertiary/aromatic N) is 4. The molecular formula is C26H31F3N4O5. The number of rotatable bonds is 8. The van der Waals surface area contributed by atoms with E-state index in [4.69, 9.17) is 9.47 Å². The molecule has 206 valence electrons. The number of hydrogen-bond donors (Lipinski definition) is 0. The normalized spacial score (nSPS) is 17.4. The Kier molecular flexibility index (Phi) is 8.60. The van der Waals surface area contributed by atoms with Gasteiger partial charge < -0.3 is 19.3 Å². The molecule has 38 heavy (non-hydrogen) atoms. The summed E-state index contributed by atoms with van der Waals surface area (Å²) in [5.74, 6) is 0.806. The second-order valence-corrected chi connectivity index (χ2v) is 9.41. The highest BCUT2D eigenvalue weighted by Gasteiger charge is 2.39. The number of amides is 1. The first-order valence-corrected chi connectivity index (χ1v) is 12.6. The van der Waals surface area contributed by atoms with Gasteiger partial charge in [-0.25, -0.2) is 0 Å². The molecule has 0 unspecified atom stereocenters. The lowest BCUT2D eigenvalue weighted by atomic mass is 10.1. The maximum absolute atomic E-state index is 13.2. The summed E-state index contributed by atoms with van der Waals surface area (Å²) >= 11 is 0. The fourth-order valence-corrected chi connectivity index (χ4v) is 4.82. The SMILES string of the molecule is COc1ccc(N2CCN(CCC(=O)N3CCC(Oc4ccc([N+](=O)[O-])c(C(F)(F)F)c4)CC3)CC2)cc1. The van der Waals surface area contributed by atoms with Crippen molar-refractivity contribution >= 4 is 17.3 Å². The molecule has 0 aliphatic carbocycles. The third kappa shape index (κ3) is 6.85. The van der Waals surface area contributed by atoms with E-state index in [9.17, 15) is 28.1 Å². The number of methoxy groups -OCH3 is 1. The zero-order valence-electron chi connectivity index (χ0n) is 21.2. The Morgan fingerprint density at radius 1 is 1.00 bits per heavy atom. The molecule has 2 saturated heterocycles. The highest BCUT2D eigenvalue weighted by atomic mass is 19.4. The van der Waals surface area contributed by atoms with Crippen LogP contribution in [0.2, 0.25) is 0 Å². The van der Waals surface area contributed by atoms with E-state index < -0.39 is 22.4 Å². The van der Waals surface area contributed by atoms with E-state index in [0.29, 0.717) is 45.0 Å². The minimum atomic E-state index is -4.86. The summed E-state index contributed by atoms with van der Waals surface area (Å²) in [6.07, 6.45) is -3.87. The molecule has 1 amide bonds. The van der Waals surface area contributed by atoms with Gasteiger partial charge in [-0.3, -0.25) is 19.8 Å². The van der Waals surface area contributed by atoms with Crippen LogP contribution in [0, 0.1) is 10.1 Å². The van der Waals surface area contributed by atoms with Crippen molar-refractivity contribution in [3.8, 4) is 11.5 Å². The number of carbonyl (C=O) groups excluding carboxylic acids is 1. The van der Waals surface area contributed by atoms with Crippen LogP contribution in [-0.2, 0) is 11.0 Å². The van der Waals surface area contributed by atoms with Crippen molar-refractivity contribution in [1.82, 2.24) is 9.80 Å². The molecule has 12 heteroatoms. The topological polar surface area (TPSA) is 88.4 Å². The maximum Gasteiger partial charge on any atom is 0.423 e. The van der Waals surface area contributed by atoms with Crippen LogP contribution < -0.4 is 14.4 Å². The van der Waals surface area contributed by atoms with E-state index in [-0.39, 0.29) is 17.8 Å². The summed E-state index contributed by atoms with van der Waals surface area (Å²) in [5.41, 5.74) is -1.19. The van der Waals surface area contributed by atoms with Crippen LogP contribution in [0.1, 0.15) is 24.8 Å². The fourth-order valence-electron chi connectivity index (χ4n) is 4.82. The molecule has 2 aromatic carbocycles. The van der Waals surface area contributed by atoms with Crippen molar-refractivity contribution < 1.29 is 32.4 Å². The second-order valence-electron chi connectivity index (χ2n) is 9.41. The van der Waals surface area contributed by atoms with Gasteiger partial charge in [-0.1, -0.05) is 0 Å². The molecule has 2 aromatic rings. The van der Waals surface area contributed by atoms with E-state index in [0.717, 1.165) is 43.7 Å². The molecule has 2 aliphatic heterocycles. The summed E-state index contributed by atoms with van der Waals surface area (Å²) in [6, 6.07) is 10.6. The number of carbonyl (C=O) groups is 1. The van der Waals surface area contributed by atoms with Gasteiger partial charge in [0.1, 0.15) is 23.2 Å². The average Bonchev–Trinajstić information content (AvgIpc) is 2.92. The number of piperidine rings is 1. The molecule has 0 saturated carbocycles. The van der Waals surface area contributed by atoms with Crippen LogP contribution >= 0.6 is 0 Å². The van der Waals surface area contributed by atoms with E-state index in [2.05, 4.69) is 9.80 Å². The summed E-state index contributed by atoms with van der Waals surface area (Å²) in [5, 5.41) is 10.9. The Morgan fingerprint density at radius 2 is 1.63 bits per heavy atom. The maximum atomic E-state index is 13.2. The van der Waals surface area contributed by atoms with Gasteiger partial charge in [0.05, 0.1) is 12.0 Å². The van der Waals surface area contributed by atoms with Gasteiger partial charge in [-0.2, -0.15) is 13.2 Å². The number of ether oxygens (including phenoxy) is 2.